The van der Waals surface area contributed by atoms with Gasteiger partial charge >= 0.3 is 12.1 Å². The van der Waals surface area contributed by atoms with Crippen molar-refractivity contribution in [2.45, 2.75) is 84.1 Å². The lowest BCUT2D eigenvalue weighted by molar-refractivity contribution is -0.148. The molecule has 0 unspecified atom stereocenters. The first-order chi connectivity index (χ1) is 11.2. The Balaban J connectivity index is 2.16. The minimum Gasteiger partial charge on any atom is -0.464 e. The van der Waals surface area contributed by atoms with Crippen LogP contribution in [0.4, 0.5) is 4.79 Å². The van der Waals surface area contributed by atoms with Gasteiger partial charge in [-0.25, -0.2) is 9.59 Å². The van der Waals surface area contributed by atoms with Crippen LogP contribution in [0.3, 0.4) is 0 Å². The molecule has 0 bridgehead atoms. The first-order valence-electron chi connectivity index (χ1n) is 9.30. The number of hydrogen-bond donors (Lipinski definition) is 0. The molecule has 5 heteroatoms. The van der Waals surface area contributed by atoms with E-state index >= 15 is 0 Å². The largest absolute Gasteiger partial charge is 0.464 e. The number of carbonyl (C=O) groups is 2. The lowest BCUT2D eigenvalue weighted by Gasteiger charge is -2.22. The maximum atomic E-state index is 12.1. The highest BCUT2D eigenvalue weighted by Crippen LogP contribution is 2.20. The van der Waals surface area contributed by atoms with E-state index in [2.05, 4.69) is 6.92 Å². The van der Waals surface area contributed by atoms with E-state index in [1.165, 1.54) is 37.0 Å². The summed E-state index contributed by atoms with van der Waals surface area (Å²) >= 11 is 0. The van der Waals surface area contributed by atoms with Crippen molar-refractivity contribution in [2.75, 3.05) is 19.8 Å². The van der Waals surface area contributed by atoms with E-state index in [0.717, 1.165) is 25.7 Å². The van der Waals surface area contributed by atoms with Crippen molar-refractivity contribution in [3.05, 3.63) is 0 Å². The van der Waals surface area contributed by atoms with Crippen molar-refractivity contribution in [2.24, 2.45) is 0 Å². The van der Waals surface area contributed by atoms with Crippen molar-refractivity contribution in [3.63, 3.8) is 0 Å². The summed E-state index contributed by atoms with van der Waals surface area (Å²) in [6, 6.07) is -0.455. The van der Waals surface area contributed by atoms with Crippen LogP contribution in [-0.4, -0.2) is 42.8 Å². The van der Waals surface area contributed by atoms with E-state index in [9.17, 15) is 9.59 Å². The van der Waals surface area contributed by atoms with Crippen LogP contribution in [0.2, 0.25) is 0 Å². The summed E-state index contributed by atoms with van der Waals surface area (Å²) in [7, 11) is 0. The summed E-state index contributed by atoms with van der Waals surface area (Å²) in [5.41, 5.74) is 0. The number of esters is 1. The summed E-state index contributed by atoms with van der Waals surface area (Å²) in [6.07, 6.45) is 10.3. The highest BCUT2D eigenvalue weighted by atomic mass is 16.6. The molecule has 0 spiro atoms. The van der Waals surface area contributed by atoms with Gasteiger partial charge in [0.15, 0.2) is 0 Å². The number of nitrogens with zero attached hydrogens (tertiary/aromatic N) is 1. The molecule has 0 aromatic rings. The molecule has 1 atom stereocenters. The second-order valence-electron chi connectivity index (χ2n) is 6.25. The molecule has 5 nitrogen and oxygen atoms in total. The van der Waals surface area contributed by atoms with Crippen molar-refractivity contribution < 1.29 is 19.1 Å². The van der Waals surface area contributed by atoms with Gasteiger partial charge in [-0.3, -0.25) is 4.90 Å². The van der Waals surface area contributed by atoms with Crippen LogP contribution in [-0.2, 0) is 14.3 Å². The third-order valence-corrected chi connectivity index (χ3v) is 4.18. The number of hydrogen-bond acceptors (Lipinski definition) is 4. The molecule has 1 fully saturated rings. The molecule has 134 valence electrons. The SMILES string of the molecule is CCCCCCCCCOC(=O)[C@@H]1CCCN1C(=O)OCCC. The van der Waals surface area contributed by atoms with Gasteiger partial charge in [0, 0.05) is 6.54 Å². The zero-order valence-electron chi connectivity index (χ0n) is 14.8. The van der Waals surface area contributed by atoms with Gasteiger partial charge in [-0.2, -0.15) is 0 Å². The number of ether oxygens (including phenoxy) is 2. The van der Waals surface area contributed by atoms with Gasteiger partial charge < -0.3 is 9.47 Å². The second kappa shape index (κ2) is 12.2. The molecule has 0 aliphatic carbocycles. The van der Waals surface area contributed by atoms with Crippen molar-refractivity contribution in [1.82, 2.24) is 4.90 Å². The second-order valence-corrected chi connectivity index (χ2v) is 6.25. The van der Waals surface area contributed by atoms with E-state index in [0.29, 0.717) is 26.2 Å². The molecule has 1 saturated heterocycles. The first-order valence-corrected chi connectivity index (χ1v) is 9.30. The van der Waals surface area contributed by atoms with E-state index in [1.807, 2.05) is 6.92 Å². The van der Waals surface area contributed by atoms with Gasteiger partial charge in [-0.05, 0) is 25.7 Å². The third-order valence-electron chi connectivity index (χ3n) is 4.18. The van der Waals surface area contributed by atoms with Crippen LogP contribution in [0.15, 0.2) is 0 Å². The molecule has 0 radical (unpaired) electrons. The highest BCUT2D eigenvalue weighted by molar-refractivity contribution is 5.82. The quantitative estimate of drug-likeness (QED) is 0.419. The van der Waals surface area contributed by atoms with E-state index in [1.54, 1.807) is 0 Å². The molecule has 0 aromatic carbocycles. The molecular formula is C18H33NO4. The van der Waals surface area contributed by atoms with E-state index in [4.69, 9.17) is 9.47 Å². The molecule has 23 heavy (non-hydrogen) atoms. The Kier molecular flexibility index (Phi) is 10.5. The van der Waals surface area contributed by atoms with Gasteiger partial charge in [-0.1, -0.05) is 52.4 Å². The lowest BCUT2D eigenvalue weighted by atomic mass is 10.1. The zero-order valence-corrected chi connectivity index (χ0v) is 14.8. The maximum Gasteiger partial charge on any atom is 0.410 e. The fourth-order valence-electron chi connectivity index (χ4n) is 2.83. The Morgan fingerprint density at radius 3 is 2.30 bits per heavy atom. The number of likely N-dealkylation sites (tertiary alicyclic amines) is 1. The molecule has 1 amide bonds. The fourth-order valence-corrected chi connectivity index (χ4v) is 2.83. The normalized spacial score (nSPS) is 17.3. The van der Waals surface area contributed by atoms with E-state index in [-0.39, 0.29) is 12.1 Å². The number of unbranched alkanes of at least 4 members (excludes halogenated alkanes) is 6. The summed E-state index contributed by atoms with van der Waals surface area (Å²) in [6.45, 7) is 5.60. The third kappa shape index (κ3) is 7.71. The van der Waals surface area contributed by atoms with Crippen LogP contribution in [0.25, 0.3) is 0 Å². The van der Waals surface area contributed by atoms with Gasteiger partial charge in [0.1, 0.15) is 6.04 Å². The highest BCUT2D eigenvalue weighted by Gasteiger charge is 2.36. The van der Waals surface area contributed by atoms with Crippen LogP contribution >= 0.6 is 0 Å². The molecule has 0 saturated carbocycles. The topological polar surface area (TPSA) is 55.8 Å². The van der Waals surface area contributed by atoms with Crippen molar-refractivity contribution >= 4 is 12.1 Å². The Labute approximate surface area is 140 Å². The van der Waals surface area contributed by atoms with Crippen LogP contribution in [0.1, 0.15) is 78.1 Å². The summed E-state index contributed by atoms with van der Waals surface area (Å²) in [5, 5.41) is 0. The Morgan fingerprint density at radius 1 is 0.913 bits per heavy atom. The molecule has 1 aliphatic rings. The molecule has 0 aromatic heterocycles. The fraction of sp³-hybridized carbons (Fsp3) is 0.889. The van der Waals surface area contributed by atoms with Crippen LogP contribution in [0, 0.1) is 0 Å². The van der Waals surface area contributed by atoms with Crippen molar-refractivity contribution in [1.29, 1.82) is 0 Å². The van der Waals surface area contributed by atoms with Gasteiger partial charge in [0.05, 0.1) is 13.2 Å². The summed E-state index contributed by atoms with van der Waals surface area (Å²) < 4.78 is 10.5. The smallest absolute Gasteiger partial charge is 0.410 e. The average molecular weight is 327 g/mol. The van der Waals surface area contributed by atoms with Crippen molar-refractivity contribution in [3.8, 4) is 0 Å². The molecular weight excluding hydrogens is 294 g/mol. The van der Waals surface area contributed by atoms with Gasteiger partial charge in [0.25, 0.3) is 0 Å². The molecule has 1 rings (SSSR count). The molecule has 1 heterocycles. The average Bonchev–Trinajstić information content (AvgIpc) is 3.04. The minimum absolute atomic E-state index is 0.276. The lowest BCUT2D eigenvalue weighted by Crippen LogP contribution is -2.41. The number of amides is 1. The Hall–Kier alpha value is -1.26. The maximum absolute atomic E-state index is 12.1. The zero-order chi connectivity index (χ0) is 16.9. The van der Waals surface area contributed by atoms with Crippen LogP contribution < -0.4 is 0 Å². The molecule has 1 aliphatic heterocycles. The summed E-state index contributed by atoms with van der Waals surface area (Å²) in [5.74, 6) is -0.276. The monoisotopic (exact) mass is 327 g/mol. The number of rotatable bonds is 11. The van der Waals surface area contributed by atoms with Gasteiger partial charge in [0.2, 0.25) is 0 Å². The Morgan fingerprint density at radius 2 is 1.61 bits per heavy atom. The summed E-state index contributed by atoms with van der Waals surface area (Å²) in [4.78, 5) is 25.6. The van der Waals surface area contributed by atoms with E-state index < -0.39 is 6.04 Å². The van der Waals surface area contributed by atoms with Gasteiger partial charge in [-0.15, -0.1) is 0 Å². The van der Waals surface area contributed by atoms with Crippen LogP contribution in [0.5, 0.6) is 0 Å². The Bertz CT molecular complexity index is 346. The molecule has 0 N–H and O–H groups in total. The predicted octanol–water partition coefficient (Wildman–Crippen LogP) is 4.29. The minimum atomic E-state index is -0.455. The number of carbonyl (C=O) groups excluding carboxylic acids is 2. The first kappa shape index (κ1) is 19.8. The predicted molar refractivity (Wildman–Crippen MR) is 90.3 cm³/mol. The standard InChI is InChI=1S/C18H33NO4/c1-3-5-6-7-8-9-10-15-22-17(20)16-12-11-13-19(16)18(21)23-14-4-2/h16H,3-15H2,1-2H3/t16-/m0/s1.